The van der Waals surface area contributed by atoms with Gasteiger partial charge in [0.05, 0.1) is 23.9 Å². The third-order valence-electron chi connectivity index (χ3n) is 4.86. The summed E-state index contributed by atoms with van der Waals surface area (Å²) in [4.78, 5) is 12.8. The van der Waals surface area contributed by atoms with Crippen LogP contribution < -0.4 is 5.32 Å². The molecule has 0 spiro atoms. The second-order valence-corrected chi connectivity index (χ2v) is 8.82. The molecule has 1 amide bonds. The van der Waals surface area contributed by atoms with Crippen molar-refractivity contribution in [3.63, 3.8) is 0 Å². The number of aryl methyl sites for hydroxylation is 2. The van der Waals surface area contributed by atoms with Crippen molar-refractivity contribution >= 4 is 15.9 Å². The van der Waals surface area contributed by atoms with Crippen LogP contribution in [-0.2, 0) is 28.4 Å². The van der Waals surface area contributed by atoms with E-state index in [0.717, 1.165) is 12.2 Å². The summed E-state index contributed by atoms with van der Waals surface area (Å²) in [5.41, 5.74) is 0.792. The van der Waals surface area contributed by atoms with E-state index in [1.807, 2.05) is 26.1 Å². The Hall–Kier alpha value is -2.20. The molecule has 0 saturated carbocycles. The Morgan fingerprint density at radius 2 is 2.22 bits per heavy atom. The first-order valence-corrected chi connectivity index (χ1v) is 10.6. The van der Waals surface area contributed by atoms with Gasteiger partial charge in [0.2, 0.25) is 15.9 Å². The molecule has 10 heteroatoms. The van der Waals surface area contributed by atoms with Crippen LogP contribution in [0.1, 0.15) is 38.4 Å². The predicted molar refractivity (Wildman–Crippen MR) is 99.1 cm³/mol. The van der Waals surface area contributed by atoms with Crippen molar-refractivity contribution in [3.8, 4) is 0 Å². The molecule has 1 fully saturated rings. The highest BCUT2D eigenvalue weighted by Gasteiger charge is 2.34. The van der Waals surface area contributed by atoms with Gasteiger partial charge in [-0.2, -0.15) is 14.5 Å². The highest BCUT2D eigenvalue weighted by molar-refractivity contribution is 7.89. The van der Waals surface area contributed by atoms with Gasteiger partial charge in [-0.1, -0.05) is 0 Å². The first-order chi connectivity index (χ1) is 12.8. The summed E-state index contributed by atoms with van der Waals surface area (Å²) in [6.07, 6.45) is 6.01. The molecule has 1 saturated heterocycles. The average Bonchev–Trinajstić information content (AvgIpc) is 3.31. The van der Waals surface area contributed by atoms with Crippen LogP contribution in [0.4, 0.5) is 0 Å². The number of piperidine rings is 1. The zero-order valence-corrected chi connectivity index (χ0v) is 16.7. The van der Waals surface area contributed by atoms with Gasteiger partial charge < -0.3 is 5.32 Å². The SMILES string of the molecule is CCn1ccc(C(C)NC(=O)C2CCCN(S(=O)(=O)c3cnn(C)c3)C2)n1. The van der Waals surface area contributed by atoms with Crippen molar-refractivity contribution in [3.05, 3.63) is 30.4 Å². The zero-order valence-electron chi connectivity index (χ0n) is 15.9. The molecule has 3 rings (SSSR count). The van der Waals surface area contributed by atoms with Crippen molar-refractivity contribution in [1.29, 1.82) is 0 Å². The Kier molecular flexibility index (Phi) is 5.66. The van der Waals surface area contributed by atoms with Gasteiger partial charge in [0.15, 0.2) is 0 Å². The van der Waals surface area contributed by atoms with Crippen LogP contribution in [0.5, 0.6) is 0 Å². The largest absolute Gasteiger partial charge is 0.348 e. The van der Waals surface area contributed by atoms with Crippen molar-refractivity contribution in [2.24, 2.45) is 13.0 Å². The first kappa shape index (κ1) is 19.6. The number of hydrogen-bond acceptors (Lipinski definition) is 5. The molecule has 0 bridgehead atoms. The fourth-order valence-corrected chi connectivity index (χ4v) is 4.76. The van der Waals surface area contributed by atoms with E-state index in [1.165, 1.54) is 21.4 Å². The molecule has 2 unspecified atom stereocenters. The number of carbonyl (C=O) groups is 1. The number of nitrogens with zero attached hydrogens (tertiary/aromatic N) is 5. The van der Waals surface area contributed by atoms with Gasteiger partial charge in [-0.25, -0.2) is 8.42 Å². The third kappa shape index (κ3) is 4.22. The van der Waals surface area contributed by atoms with Gasteiger partial charge in [0, 0.05) is 39.1 Å². The summed E-state index contributed by atoms with van der Waals surface area (Å²) in [7, 11) is -1.96. The summed E-state index contributed by atoms with van der Waals surface area (Å²) in [5, 5.41) is 11.3. The quantitative estimate of drug-likeness (QED) is 0.785. The maximum atomic E-state index is 12.8. The Morgan fingerprint density at radius 3 is 2.85 bits per heavy atom. The van der Waals surface area contributed by atoms with E-state index in [1.54, 1.807) is 11.7 Å². The lowest BCUT2D eigenvalue weighted by atomic mass is 9.98. The second-order valence-electron chi connectivity index (χ2n) is 6.88. The van der Waals surface area contributed by atoms with Crippen LogP contribution in [0.2, 0.25) is 0 Å². The minimum Gasteiger partial charge on any atom is -0.348 e. The molecular weight excluding hydrogens is 368 g/mol. The number of hydrogen-bond donors (Lipinski definition) is 1. The summed E-state index contributed by atoms with van der Waals surface area (Å²) in [5.74, 6) is -0.513. The van der Waals surface area contributed by atoms with Crippen LogP contribution >= 0.6 is 0 Å². The Labute approximate surface area is 159 Å². The Balaban J connectivity index is 1.65. The number of amides is 1. The zero-order chi connectivity index (χ0) is 19.6. The molecule has 2 aromatic heterocycles. The van der Waals surface area contributed by atoms with E-state index >= 15 is 0 Å². The molecule has 9 nitrogen and oxygen atoms in total. The second kappa shape index (κ2) is 7.81. The molecule has 2 atom stereocenters. The molecule has 148 valence electrons. The number of rotatable bonds is 6. The molecule has 1 aliphatic rings. The molecule has 0 radical (unpaired) electrons. The first-order valence-electron chi connectivity index (χ1n) is 9.13. The number of nitrogens with one attached hydrogen (secondary N) is 1. The fourth-order valence-electron chi connectivity index (χ4n) is 3.25. The standard InChI is InChI=1S/C17H26N6O3S/c1-4-22-9-7-16(20-22)13(2)19-17(24)14-6-5-8-23(11-14)27(25,26)15-10-18-21(3)12-15/h7,9-10,12-14H,4-6,8,11H2,1-3H3,(H,19,24). The van der Waals surface area contributed by atoms with Crippen LogP contribution in [-0.4, -0.2) is 51.3 Å². The third-order valence-corrected chi connectivity index (χ3v) is 6.68. The molecule has 27 heavy (non-hydrogen) atoms. The van der Waals surface area contributed by atoms with Crippen molar-refractivity contribution in [2.45, 2.75) is 44.2 Å². The van der Waals surface area contributed by atoms with E-state index in [-0.39, 0.29) is 29.3 Å². The highest BCUT2D eigenvalue weighted by Crippen LogP contribution is 2.24. The monoisotopic (exact) mass is 394 g/mol. The van der Waals surface area contributed by atoms with E-state index in [0.29, 0.717) is 19.4 Å². The Morgan fingerprint density at radius 1 is 1.44 bits per heavy atom. The smallest absolute Gasteiger partial charge is 0.246 e. The molecule has 0 aromatic carbocycles. The minimum atomic E-state index is -3.63. The van der Waals surface area contributed by atoms with E-state index in [9.17, 15) is 13.2 Å². The van der Waals surface area contributed by atoms with Gasteiger partial charge >= 0.3 is 0 Å². The molecule has 0 aliphatic carbocycles. The Bertz CT molecular complexity index is 903. The van der Waals surface area contributed by atoms with Gasteiger partial charge in [-0.15, -0.1) is 0 Å². The molecule has 1 aliphatic heterocycles. The topological polar surface area (TPSA) is 102 Å². The maximum Gasteiger partial charge on any atom is 0.246 e. The number of aromatic nitrogens is 4. The highest BCUT2D eigenvalue weighted by atomic mass is 32.2. The molecular formula is C17H26N6O3S. The van der Waals surface area contributed by atoms with E-state index in [4.69, 9.17) is 0 Å². The normalized spacial score (nSPS) is 19.7. The van der Waals surface area contributed by atoms with Gasteiger partial charge in [0.1, 0.15) is 4.90 Å². The minimum absolute atomic E-state index is 0.139. The fraction of sp³-hybridized carbons (Fsp3) is 0.588. The van der Waals surface area contributed by atoms with Crippen LogP contribution in [0, 0.1) is 5.92 Å². The number of sulfonamides is 1. The van der Waals surface area contributed by atoms with Gasteiger partial charge in [0.25, 0.3) is 0 Å². The van der Waals surface area contributed by atoms with E-state index in [2.05, 4.69) is 15.5 Å². The lowest BCUT2D eigenvalue weighted by Gasteiger charge is -2.31. The van der Waals surface area contributed by atoms with Crippen LogP contribution in [0.15, 0.2) is 29.6 Å². The summed E-state index contributed by atoms with van der Waals surface area (Å²) >= 11 is 0. The summed E-state index contributed by atoms with van der Waals surface area (Å²) in [6.45, 7) is 5.24. The molecule has 1 N–H and O–H groups in total. The van der Waals surface area contributed by atoms with Crippen molar-refractivity contribution < 1.29 is 13.2 Å². The van der Waals surface area contributed by atoms with E-state index < -0.39 is 10.0 Å². The van der Waals surface area contributed by atoms with Crippen LogP contribution in [0.25, 0.3) is 0 Å². The predicted octanol–water partition coefficient (Wildman–Crippen LogP) is 0.915. The van der Waals surface area contributed by atoms with Crippen molar-refractivity contribution in [2.75, 3.05) is 13.1 Å². The van der Waals surface area contributed by atoms with Gasteiger partial charge in [-0.3, -0.25) is 14.2 Å². The molecule has 3 heterocycles. The summed E-state index contributed by atoms with van der Waals surface area (Å²) < 4.78 is 30.2. The maximum absolute atomic E-state index is 12.8. The summed E-state index contributed by atoms with van der Waals surface area (Å²) in [6, 6.07) is 1.66. The van der Waals surface area contributed by atoms with Crippen LogP contribution in [0.3, 0.4) is 0 Å². The average molecular weight is 395 g/mol. The van der Waals surface area contributed by atoms with Crippen molar-refractivity contribution in [1.82, 2.24) is 29.2 Å². The lowest BCUT2D eigenvalue weighted by molar-refractivity contribution is -0.126. The lowest BCUT2D eigenvalue weighted by Crippen LogP contribution is -2.45. The number of carbonyl (C=O) groups excluding carboxylic acids is 1. The van der Waals surface area contributed by atoms with Gasteiger partial charge in [-0.05, 0) is 32.8 Å². The molecule has 2 aromatic rings.